The van der Waals surface area contributed by atoms with E-state index in [1.54, 1.807) is 22.7 Å². The van der Waals surface area contributed by atoms with Gasteiger partial charge in [0.1, 0.15) is 0 Å². The largest absolute Gasteiger partial charge is 0.346 e. The second-order valence-electron chi connectivity index (χ2n) is 4.06. The van der Waals surface area contributed by atoms with Gasteiger partial charge in [-0.15, -0.1) is 22.7 Å². The molecule has 3 heterocycles. The number of piperazine rings is 1. The first-order valence-electron chi connectivity index (χ1n) is 5.66. The minimum atomic E-state index is 0.981. The van der Waals surface area contributed by atoms with Crippen LogP contribution in [0.2, 0.25) is 0 Å². The van der Waals surface area contributed by atoms with Gasteiger partial charge in [-0.05, 0) is 0 Å². The highest BCUT2D eigenvalue weighted by molar-refractivity contribution is 7.13. The van der Waals surface area contributed by atoms with Crippen molar-refractivity contribution in [1.29, 1.82) is 0 Å². The average Bonchev–Trinajstić information content (AvgIpc) is 3.01. The van der Waals surface area contributed by atoms with E-state index in [0.717, 1.165) is 37.9 Å². The summed E-state index contributed by atoms with van der Waals surface area (Å²) in [7, 11) is 0. The van der Waals surface area contributed by atoms with Gasteiger partial charge in [-0.1, -0.05) is 0 Å². The molecule has 1 aliphatic heterocycles. The number of anilines is 1. The molecule has 0 bridgehead atoms. The summed E-state index contributed by atoms with van der Waals surface area (Å²) in [5.41, 5.74) is 3.10. The lowest BCUT2D eigenvalue weighted by molar-refractivity contribution is 0.247. The highest BCUT2D eigenvalue weighted by Crippen LogP contribution is 2.19. The summed E-state index contributed by atoms with van der Waals surface area (Å²) < 4.78 is 0. The zero-order valence-electron chi connectivity index (χ0n) is 9.45. The van der Waals surface area contributed by atoms with Crippen LogP contribution in [-0.4, -0.2) is 41.0 Å². The standard InChI is InChI=1S/C11H14N4S2/c1-6-17-11(12-1)15-4-2-14(3-5-15)7-10-8-16-9-13-10/h1,6,8-9H,2-5,7H2. The molecule has 0 spiro atoms. The Hall–Kier alpha value is -0.980. The molecule has 0 N–H and O–H groups in total. The topological polar surface area (TPSA) is 32.3 Å². The smallest absolute Gasteiger partial charge is 0.185 e. The van der Waals surface area contributed by atoms with E-state index in [-0.39, 0.29) is 0 Å². The number of thiazole rings is 2. The van der Waals surface area contributed by atoms with Gasteiger partial charge in [0.05, 0.1) is 11.2 Å². The molecule has 4 nitrogen and oxygen atoms in total. The maximum absolute atomic E-state index is 4.36. The molecule has 0 atom stereocenters. The van der Waals surface area contributed by atoms with E-state index in [1.807, 2.05) is 17.1 Å². The summed E-state index contributed by atoms with van der Waals surface area (Å²) in [4.78, 5) is 13.5. The van der Waals surface area contributed by atoms with Crippen LogP contribution in [-0.2, 0) is 6.54 Å². The summed E-state index contributed by atoms with van der Waals surface area (Å²) in [5.74, 6) is 0. The maximum Gasteiger partial charge on any atom is 0.185 e. The molecule has 17 heavy (non-hydrogen) atoms. The van der Waals surface area contributed by atoms with Gasteiger partial charge in [-0.25, -0.2) is 9.97 Å². The third-order valence-corrected chi connectivity index (χ3v) is 4.40. The lowest BCUT2D eigenvalue weighted by atomic mass is 10.3. The molecular formula is C11H14N4S2. The van der Waals surface area contributed by atoms with E-state index in [2.05, 4.69) is 25.1 Å². The predicted molar refractivity (Wildman–Crippen MR) is 71.7 cm³/mol. The van der Waals surface area contributed by atoms with Gasteiger partial charge >= 0.3 is 0 Å². The van der Waals surface area contributed by atoms with Crippen molar-refractivity contribution >= 4 is 27.8 Å². The molecule has 0 amide bonds. The van der Waals surface area contributed by atoms with Crippen LogP contribution in [0.3, 0.4) is 0 Å². The lowest BCUT2D eigenvalue weighted by Crippen LogP contribution is -2.45. The van der Waals surface area contributed by atoms with Gasteiger partial charge in [0.25, 0.3) is 0 Å². The van der Waals surface area contributed by atoms with Gasteiger partial charge in [-0.3, -0.25) is 4.90 Å². The van der Waals surface area contributed by atoms with Crippen molar-refractivity contribution in [1.82, 2.24) is 14.9 Å². The van der Waals surface area contributed by atoms with E-state index in [1.165, 1.54) is 5.69 Å². The van der Waals surface area contributed by atoms with Crippen LogP contribution in [0.1, 0.15) is 5.69 Å². The van der Waals surface area contributed by atoms with Gasteiger partial charge < -0.3 is 4.90 Å². The van der Waals surface area contributed by atoms with Crippen LogP contribution in [0.4, 0.5) is 5.13 Å². The number of hydrogen-bond acceptors (Lipinski definition) is 6. The summed E-state index contributed by atoms with van der Waals surface area (Å²) in [6, 6.07) is 0. The second-order valence-corrected chi connectivity index (χ2v) is 5.65. The Bertz CT molecular complexity index is 432. The minimum absolute atomic E-state index is 0.981. The molecule has 90 valence electrons. The first-order valence-corrected chi connectivity index (χ1v) is 7.48. The predicted octanol–water partition coefficient (Wildman–Crippen LogP) is 1.92. The molecule has 6 heteroatoms. The second kappa shape index (κ2) is 5.12. The van der Waals surface area contributed by atoms with Crippen LogP contribution in [0.15, 0.2) is 22.5 Å². The van der Waals surface area contributed by atoms with Crippen LogP contribution in [0.25, 0.3) is 0 Å². The fraction of sp³-hybridized carbons (Fsp3) is 0.455. The number of rotatable bonds is 3. The van der Waals surface area contributed by atoms with Crippen molar-refractivity contribution in [2.75, 3.05) is 31.1 Å². The average molecular weight is 266 g/mol. The van der Waals surface area contributed by atoms with Gasteiger partial charge in [-0.2, -0.15) is 0 Å². The molecule has 0 unspecified atom stereocenters. The minimum Gasteiger partial charge on any atom is -0.346 e. The van der Waals surface area contributed by atoms with Crippen molar-refractivity contribution in [2.24, 2.45) is 0 Å². The summed E-state index contributed by atoms with van der Waals surface area (Å²) in [6.45, 7) is 5.30. The number of hydrogen-bond donors (Lipinski definition) is 0. The molecule has 2 aromatic heterocycles. The Morgan fingerprint density at radius 3 is 2.71 bits per heavy atom. The van der Waals surface area contributed by atoms with Crippen molar-refractivity contribution in [2.45, 2.75) is 6.54 Å². The Kier molecular flexibility index (Phi) is 3.35. The fourth-order valence-corrected chi connectivity index (χ4v) is 3.26. The van der Waals surface area contributed by atoms with E-state index in [9.17, 15) is 0 Å². The number of aromatic nitrogens is 2. The molecule has 1 fully saturated rings. The molecule has 0 radical (unpaired) electrons. The Labute approximate surface area is 109 Å². The highest BCUT2D eigenvalue weighted by atomic mass is 32.1. The normalized spacial score (nSPS) is 17.5. The summed E-state index contributed by atoms with van der Waals surface area (Å²) in [5, 5.41) is 5.32. The van der Waals surface area contributed by atoms with E-state index in [4.69, 9.17) is 0 Å². The quantitative estimate of drug-likeness (QED) is 0.849. The van der Waals surface area contributed by atoms with Crippen molar-refractivity contribution < 1.29 is 0 Å². The monoisotopic (exact) mass is 266 g/mol. The third kappa shape index (κ3) is 2.65. The van der Waals surface area contributed by atoms with Gasteiger partial charge in [0.15, 0.2) is 5.13 Å². The molecule has 1 aliphatic rings. The van der Waals surface area contributed by atoms with E-state index in [0.29, 0.717) is 0 Å². The number of nitrogens with zero attached hydrogens (tertiary/aromatic N) is 4. The van der Waals surface area contributed by atoms with E-state index >= 15 is 0 Å². The zero-order valence-corrected chi connectivity index (χ0v) is 11.1. The van der Waals surface area contributed by atoms with Crippen LogP contribution >= 0.6 is 22.7 Å². The third-order valence-electron chi connectivity index (χ3n) is 2.93. The first-order chi connectivity index (χ1) is 8.42. The summed E-state index contributed by atoms with van der Waals surface area (Å²) >= 11 is 3.39. The van der Waals surface area contributed by atoms with Gasteiger partial charge in [0, 0.05) is 49.7 Å². The molecule has 0 aliphatic carbocycles. The molecule has 1 saturated heterocycles. The summed E-state index contributed by atoms with van der Waals surface area (Å²) in [6.07, 6.45) is 1.88. The Morgan fingerprint density at radius 2 is 2.06 bits per heavy atom. The van der Waals surface area contributed by atoms with E-state index < -0.39 is 0 Å². The SMILES string of the molecule is c1csc(N2CCN(Cc3cscn3)CC2)n1. The lowest BCUT2D eigenvalue weighted by Gasteiger charge is -2.34. The van der Waals surface area contributed by atoms with Crippen molar-refractivity contribution in [3.05, 3.63) is 28.2 Å². The Morgan fingerprint density at radius 1 is 1.18 bits per heavy atom. The fourth-order valence-electron chi connectivity index (χ4n) is 2.01. The molecule has 2 aromatic rings. The highest BCUT2D eigenvalue weighted by Gasteiger charge is 2.18. The molecule has 0 saturated carbocycles. The maximum atomic E-state index is 4.36. The molecule has 0 aromatic carbocycles. The van der Waals surface area contributed by atoms with Crippen LogP contribution < -0.4 is 4.90 Å². The molecular weight excluding hydrogens is 252 g/mol. The van der Waals surface area contributed by atoms with Crippen LogP contribution in [0.5, 0.6) is 0 Å². The van der Waals surface area contributed by atoms with Crippen molar-refractivity contribution in [3.8, 4) is 0 Å². The first kappa shape index (κ1) is 11.1. The van der Waals surface area contributed by atoms with Crippen LogP contribution in [0, 0.1) is 0 Å². The van der Waals surface area contributed by atoms with Crippen molar-refractivity contribution in [3.63, 3.8) is 0 Å². The Balaban J connectivity index is 1.54. The zero-order chi connectivity index (χ0) is 11.5. The van der Waals surface area contributed by atoms with Gasteiger partial charge in [0.2, 0.25) is 0 Å². The molecule has 3 rings (SSSR count).